The van der Waals surface area contributed by atoms with Crippen molar-refractivity contribution < 1.29 is 9.84 Å². The van der Waals surface area contributed by atoms with E-state index in [2.05, 4.69) is 5.32 Å². The molecular weight excluding hydrogens is 305 g/mol. The zero-order valence-corrected chi connectivity index (χ0v) is 13.4. The lowest BCUT2D eigenvalue weighted by molar-refractivity contribution is 0.269. The molecule has 1 atom stereocenters. The second-order valence-electron chi connectivity index (χ2n) is 4.13. The van der Waals surface area contributed by atoms with E-state index in [1.807, 2.05) is 12.3 Å². The number of hydrogen-bond donors (Lipinski definition) is 2. The molecule has 3 nitrogen and oxygen atoms in total. The van der Waals surface area contributed by atoms with Crippen LogP contribution in [0.3, 0.4) is 0 Å². The number of halogens is 2. The van der Waals surface area contributed by atoms with Crippen LogP contribution >= 0.6 is 35.0 Å². The maximum Gasteiger partial charge on any atom is 0.142 e. The first-order chi connectivity index (χ1) is 9.12. The zero-order chi connectivity index (χ0) is 14.3. The first-order valence-corrected chi connectivity index (χ1v) is 8.12. The molecular formula is C13H19Cl2NO2S. The first-order valence-electron chi connectivity index (χ1n) is 5.97. The fourth-order valence-corrected chi connectivity index (χ4v) is 3.13. The summed E-state index contributed by atoms with van der Waals surface area (Å²) in [4.78, 5) is 0. The molecule has 1 unspecified atom stereocenters. The normalized spacial score (nSPS) is 12.5. The fraction of sp³-hybridized carbons (Fsp3) is 0.538. The van der Waals surface area contributed by atoms with Gasteiger partial charge in [-0.15, -0.1) is 0 Å². The van der Waals surface area contributed by atoms with Gasteiger partial charge in [0.1, 0.15) is 5.75 Å². The maximum absolute atomic E-state index is 9.03. The van der Waals surface area contributed by atoms with Gasteiger partial charge in [-0.05, 0) is 24.8 Å². The van der Waals surface area contributed by atoms with E-state index in [9.17, 15) is 0 Å². The molecule has 0 spiro atoms. The van der Waals surface area contributed by atoms with Crippen molar-refractivity contribution in [1.29, 1.82) is 0 Å². The van der Waals surface area contributed by atoms with Crippen molar-refractivity contribution in [2.24, 2.45) is 0 Å². The topological polar surface area (TPSA) is 41.5 Å². The van der Waals surface area contributed by atoms with Crippen LogP contribution in [-0.2, 0) is 6.54 Å². The van der Waals surface area contributed by atoms with E-state index in [1.165, 1.54) is 0 Å². The number of thioether (sulfide) groups is 1. The van der Waals surface area contributed by atoms with Gasteiger partial charge in [-0.1, -0.05) is 23.2 Å². The predicted molar refractivity (Wildman–Crippen MR) is 83.7 cm³/mol. The van der Waals surface area contributed by atoms with Crippen LogP contribution in [0.25, 0.3) is 0 Å². The summed E-state index contributed by atoms with van der Waals surface area (Å²) in [5.41, 5.74) is 0.920. The summed E-state index contributed by atoms with van der Waals surface area (Å²) in [6.07, 6.45) is 2.76. The minimum absolute atomic E-state index is 0.172. The molecule has 0 bridgehead atoms. The highest BCUT2D eigenvalue weighted by Crippen LogP contribution is 2.32. The Morgan fingerprint density at radius 1 is 1.42 bits per heavy atom. The summed E-state index contributed by atoms with van der Waals surface area (Å²) < 4.78 is 5.30. The first kappa shape index (κ1) is 16.9. The van der Waals surface area contributed by atoms with Crippen molar-refractivity contribution in [3.05, 3.63) is 27.7 Å². The van der Waals surface area contributed by atoms with Gasteiger partial charge in [0.15, 0.2) is 0 Å². The third kappa shape index (κ3) is 5.40. The van der Waals surface area contributed by atoms with Crippen LogP contribution < -0.4 is 10.1 Å². The third-order valence-electron chi connectivity index (χ3n) is 2.72. The second kappa shape index (κ2) is 8.93. The fourth-order valence-electron chi connectivity index (χ4n) is 1.83. The van der Waals surface area contributed by atoms with Crippen LogP contribution in [0.15, 0.2) is 12.1 Å². The number of ether oxygens (including phenoxy) is 1. The quantitative estimate of drug-likeness (QED) is 0.770. The molecule has 2 N–H and O–H groups in total. The van der Waals surface area contributed by atoms with Crippen LogP contribution in [0.1, 0.15) is 12.0 Å². The van der Waals surface area contributed by atoms with E-state index < -0.39 is 0 Å². The summed E-state index contributed by atoms with van der Waals surface area (Å²) in [7, 11) is 1.59. The van der Waals surface area contributed by atoms with Crippen molar-refractivity contribution >= 4 is 35.0 Å². The summed E-state index contributed by atoms with van der Waals surface area (Å²) in [5, 5.41) is 13.5. The Morgan fingerprint density at radius 2 is 2.16 bits per heavy atom. The highest BCUT2D eigenvalue weighted by molar-refractivity contribution is 7.98. The molecule has 19 heavy (non-hydrogen) atoms. The van der Waals surface area contributed by atoms with Gasteiger partial charge in [-0.25, -0.2) is 0 Å². The second-order valence-corrected chi connectivity index (χ2v) is 5.88. The standard InChI is InChI=1S/C13H19Cl2NO2S/c1-18-13-9(5-10(14)6-12(13)15)7-16-11(3-4-17)8-19-2/h5-6,11,16-17H,3-4,7-8H2,1-2H3. The van der Waals surface area contributed by atoms with Crippen molar-refractivity contribution in [1.82, 2.24) is 5.32 Å². The number of aliphatic hydroxyl groups excluding tert-OH is 1. The number of nitrogens with one attached hydrogen (secondary N) is 1. The van der Waals surface area contributed by atoms with E-state index in [0.29, 0.717) is 22.3 Å². The van der Waals surface area contributed by atoms with Crippen molar-refractivity contribution in [3.63, 3.8) is 0 Å². The number of aliphatic hydroxyl groups is 1. The molecule has 0 aliphatic heterocycles. The average Bonchev–Trinajstić information content (AvgIpc) is 2.36. The third-order valence-corrected chi connectivity index (χ3v) is 3.95. The van der Waals surface area contributed by atoms with Gasteiger partial charge in [-0.3, -0.25) is 0 Å². The summed E-state index contributed by atoms with van der Waals surface area (Å²) in [5.74, 6) is 1.59. The van der Waals surface area contributed by atoms with Crippen molar-refractivity contribution in [3.8, 4) is 5.75 Å². The lowest BCUT2D eigenvalue weighted by Gasteiger charge is -2.18. The van der Waals surface area contributed by atoms with Crippen LogP contribution in [0.2, 0.25) is 10.0 Å². The SMILES string of the molecule is COc1c(Cl)cc(Cl)cc1CNC(CCO)CSC. The Balaban J connectivity index is 2.75. The summed E-state index contributed by atoms with van der Waals surface area (Å²) >= 11 is 13.8. The Bertz CT molecular complexity index is 398. The van der Waals surface area contributed by atoms with Crippen LogP contribution in [-0.4, -0.2) is 36.9 Å². The molecule has 0 aliphatic carbocycles. The van der Waals surface area contributed by atoms with Crippen LogP contribution in [0, 0.1) is 0 Å². The summed E-state index contributed by atoms with van der Waals surface area (Å²) in [6, 6.07) is 3.76. The molecule has 0 saturated heterocycles. The number of methoxy groups -OCH3 is 1. The molecule has 1 rings (SSSR count). The van der Waals surface area contributed by atoms with Gasteiger partial charge in [0.2, 0.25) is 0 Å². The molecule has 6 heteroatoms. The highest BCUT2D eigenvalue weighted by atomic mass is 35.5. The van der Waals surface area contributed by atoms with Gasteiger partial charge in [0, 0.05) is 35.5 Å². The van der Waals surface area contributed by atoms with E-state index in [-0.39, 0.29) is 12.6 Å². The van der Waals surface area contributed by atoms with Crippen LogP contribution in [0.5, 0.6) is 5.75 Å². The minimum Gasteiger partial charge on any atom is -0.495 e. The molecule has 0 saturated carbocycles. The lowest BCUT2D eigenvalue weighted by Crippen LogP contribution is -2.32. The Morgan fingerprint density at radius 3 is 2.74 bits per heavy atom. The summed E-state index contributed by atoms with van der Waals surface area (Å²) in [6.45, 7) is 0.778. The molecule has 0 amide bonds. The molecule has 1 aromatic rings. The van der Waals surface area contributed by atoms with E-state index in [1.54, 1.807) is 24.9 Å². The smallest absolute Gasteiger partial charge is 0.142 e. The number of rotatable bonds is 8. The zero-order valence-electron chi connectivity index (χ0n) is 11.1. The minimum atomic E-state index is 0.172. The monoisotopic (exact) mass is 323 g/mol. The average molecular weight is 324 g/mol. The largest absolute Gasteiger partial charge is 0.495 e. The predicted octanol–water partition coefficient (Wildman–Crippen LogP) is 3.21. The molecule has 0 heterocycles. The molecule has 0 aromatic heterocycles. The molecule has 0 aliphatic rings. The molecule has 0 radical (unpaired) electrons. The van der Waals surface area contributed by atoms with Gasteiger partial charge >= 0.3 is 0 Å². The molecule has 1 aromatic carbocycles. The van der Waals surface area contributed by atoms with E-state index in [4.69, 9.17) is 33.0 Å². The van der Waals surface area contributed by atoms with Crippen LogP contribution in [0.4, 0.5) is 0 Å². The van der Waals surface area contributed by atoms with E-state index in [0.717, 1.165) is 17.7 Å². The van der Waals surface area contributed by atoms with E-state index >= 15 is 0 Å². The lowest BCUT2D eigenvalue weighted by atomic mass is 10.1. The number of hydrogen-bond acceptors (Lipinski definition) is 4. The highest BCUT2D eigenvalue weighted by Gasteiger charge is 2.12. The Kier molecular flexibility index (Phi) is 7.95. The van der Waals surface area contributed by atoms with Gasteiger partial charge in [0.05, 0.1) is 12.1 Å². The van der Waals surface area contributed by atoms with Gasteiger partial charge in [-0.2, -0.15) is 11.8 Å². The molecule has 108 valence electrons. The van der Waals surface area contributed by atoms with Gasteiger partial charge in [0.25, 0.3) is 0 Å². The van der Waals surface area contributed by atoms with Gasteiger partial charge < -0.3 is 15.2 Å². The Labute approximate surface area is 128 Å². The van der Waals surface area contributed by atoms with Crippen molar-refractivity contribution in [2.75, 3.05) is 25.7 Å². The maximum atomic E-state index is 9.03. The number of benzene rings is 1. The van der Waals surface area contributed by atoms with Crippen molar-refractivity contribution in [2.45, 2.75) is 19.0 Å². The molecule has 0 fully saturated rings. The Hall–Kier alpha value is -0.130.